The van der Waals surface area contributed by atoms with Crippen LogP contribution in [0.2, 0.25) is 0 Å². The second kappa shape index (κ2) is 10.2. The fourth-order valence-electron chi connectivity index (χ4n) is 3.78. The number of nitrogens with one attached hydrogen (secondary N) is 1. The molecule has 0 aliphatic rings. The third-order valence-electron chi connectivity index (χ3n) is 5.64. The van der Waals surface area contributed by atoms with Crippen LogP contribution in [-0.4, -0.2) is 6.04 Å². The standard InChI is InChI=1S/C28H28FNO/c1-21(11-12-22-7-3-2-4-8-22)30-19-27-26-10-6-5-9-24(26)15-18-28(27)31-20-23-13-16-25(29)17-14-23/h2-10,13-18,21,30H,11-12,19-20H2,1H3. The molecule has 0 saturated carbocycles. The van der Waals surface area contributed by atoms with Gasteiger partial charge in [0.1, 0.15) is 18.2 Å². The van der Waals surface area contributed by atoms with Crippen molar-refractivity contribution in [1.29, 1.82) is 0 Å². The van der Waals surface area contributed by atoms with Crippen LogP contribution in [0.4, 0.5) is 4.39 Å². The molecule has 4 aromatic carbocycles. The first-order valence-electron chi connectivity index (χ1n) is 10.8. The molecule has 3 heteroatoms. The molecule has 31 heavy (non-hydrogen) atoms. The normalized spacial score (nSPS) is 12.1. The first-order chi connectivity index (χ1) is 15.2. The molecule has 0 amide bonds. The number of ether oxygens (including phenoxy) is 1. The van der Waals surface area contributed by atoms with E-state index in [9.17, 15) is 4.39 Å². The van der Waals surface area contributed by atoms with Crippen molar-refractivity contribution in [3.63, 3.8) is 0 Å². The summed E-state index contributed by atoms with van der Waals surface area (Å²) in [6, 6.07) is 30.0. The Labute approximate surface area is 183 Å². The molecule has 0 radical (unpaired) electrons. The molecule has 2 nitrogen and oxygen atoms in total. The van der Waals surface area contributed by atoms with Gasteiger partial charge in [-0.05, 0) is 59.9 Å². The summed E-state index contributed by atoms with van der Waals surface area (Å²) in [6.07, 6.45) is 2.12. The van der Waals surface area contributed by atoms with Gasteiger partial charge >= 0.3 is 0 Å². The highest BCUT2D eigenvalue weighted by molar-refractivity contribution is 5.87. The topological polar surface area (TPSA) is 21.3 Å². The van der Waals surface area contributed by atoms with Gasteiger partial charge < -0.3 is 10.1 Å². The monoisotopic (exact) mass is 413 g/mol. The molecular formula is C28H28FNO. The highest BCUT2D eigenvalue weighted by atomic mass is 19.1. The highest BCUT2D eigenvalue weighted by Gasteiger charge is 2.11. The summed E-state index contributed by atoms with van der Waals surface area (Å²) in [7, 11) is 0. The van der Waals surface area contributed by atoms with E-state index in [1.807, 2.05) is 6.07 Å². The van der Waals surface area contributed by atoms with E-state index >= 15 is 0 Å². The largest absolute Gasteiger partial charge is 0.489 e. The van der Waals surface area contributed by atoms with Crippen LogP contribution in [0, 0.1) is 5.82 Å². The number of hydrogen-bond acceptors (Lipinski definition) is 2. The molecule has 0 saturated heterocycles. The lowest BCUT2D eigenvalue weighted by Gasteiger charge is -2.18. The van der Waals surface area contributed by atoms with Crippen molar-refractivity contribution >= 4 is 10.8 Å². The number of aryl methyl sites for hydroxylation is 1. The van der Waals surface area contributed by atoms with Crippen molar-refractivity contribution in [3.05, 3.63) is 114 Å². The quantitative estimate of drug-likeness (QED) is 0.331. The second-order valence-electron chi connectivity index (χ2n) is 7.98. The Morgan fingerprint density at radius 2 is 1.55 bits per heavy atom. The number of benzene rings is 4. The van der Waals surface area contributed by atoms with Crippen molar-refractivity contribution in [2.24, 2.45) is 0 Å². The first kappa shape index (κ1) is 21.1. The predicted octanol–water partition coefficient (Wildman–Crippen LogP) is 6.67. The molecule has 1 atom stereocenters. The van der Waals surface area contributed by atoms with Gasteiger partial charge in [-0.15, -0.1) is 0 Å². The summed E-state index contributed by atoms with van der Waals surface area (Å²) in [5.41, 5.74) is 3.47. The molecule has 0 heterocycles. The van der Waals surface area contributed by atoms with E-state index < -0.39 is 0 Å². The lowest BCUT2D eigenvalue weighted by atomic mass is 10.0. The van der Waals surface area contributed by atoms with E-state index in [4.69, 9.17) is 4.74 Å². The van der Waals surface area contributed by atoms with Crippen LogP contribution in [-0.2, 0) is 19.6 Å². The van der Waals surface area contributed by atoms with E-state index in [1.165, 1.54) is 28.5 Å². The Balaban J connectivity index is 1.46. The average Bonchev–Trinajstić information content (AvgIpc) is 2.82. The molecule has 4 rings (SSSR count). The zero-order valence-electron chi connectivity index (χ0n) is 17.9. The van der Waals surface area contributed by atoms with Gasteiger partial charge in [0.15, 0.2) is 0 Å². The molecule has 0 bridgehead atoms. The zero-order valence-corrected chi connectivity index (χ0v) is 17.9. The molecule has 0 aromatic heterocycles. The highest BCUT2D eigenvalue weighted by Crippen LogP contribution is 2.29. The average molecular weight is 414 g/mol. The molecular weight excluding hydrogens is 385 g/mol. The molecule has 1 N–H and O–H groups in total. The smallest absolute Gasteiger partial charge is 0.124 e. The summed E-state index contributed by atoms with van der Waals surface area (Å²) < 4.78 is 19.4. The summed E-state index contributed by atoms with van der Waals surface area (Å²) in [4.78, 5) is 0. The van der Waals surface area contributed by atoms with Gasteiger partial charge in [-0.1, -0.05) is 72.8 Å². The minimum Gasteiger partial charge on any atom is -0.489 e. The van der Waals surface area contributed by atoms with Crippen molar-refractivity contribution in [2.45, 2.75) is 39.0 Å². The van der Waals surface area contributed by atoms with Crippen LogP contribution in [0.15, 0.2) is 91.0 Å². The lowest BCUT2D eigenvalue weighted by Crippen LogP contribution is -2.26. The van der Waals surface area contributed by atoms with Crippen LogP contribution < -0.4 is 10.1 Å². The fourth-order valence-corrected chi connectivity index (χ4v) is 3.78. The van der Waals surface area contributed by atoms with Crippen molar-refractivity contribution < 1.29 is 9.13 Å². The van der Waals surface area contributed by atoms with E-state index in [2.05, 4.69) is 72.9 Å². The van der Waals surface area contributed by atoms with E-state index in [-0.39, 0.29) is 5.82 Å². The van der Waals surface area contributed by atoms with Crippen LogP contribution in [0.3, 0.4) is 0 Å². The molecule has 158 valence electrons. The van der Waals surface area contributed by atoms with Crippen LogP contribution in [0.5, 0.6) is 5.75 Å². The Kier molecular flexibility index (Phi) is 6.96. The summed E-state index contributed by atoms with van der Waals surface area (Å²) >= 11 is 0. The van der Waals surface area contributed by atoms with Gasteiger partial charge in [-0.25, -0.2) is 4.39 Å². The van der Waals surface area contributed by atoms with Crippen LogP contribution in [0.1, 0.15) is 30.0 Å². The minimum absolute atomic E-state index is 0.233. The first-order valence-corrected chi connectivity index (χ1v) is 10.8. The Morgan fingerprint density at radius 1 is 0.806 bits per heavy atom. The van der Waals surface area contributed by atoms with Crippen molar-refractivity contribution in [2.75, 3.05) is 0 Å². The molecule has 1 unspecified atom stereocenters. The maximum absolute atomic E-state index is 13.2. The third kappa shape index (κ3) is 5.71. The maximum atomic E-state index is 13.2. The second-order valence-corrected chi connectivity index (χ2v) is 7.98. The lowest BCUT2D eigenvalue weighted by molar-refractivity contribution is 0.302. The van der Waals surface area contributed by atoms with Gasteiger partial charge in [0.25, 0.3) is 0 Å². The summed E-state index contributed by atoms with van der Waals surface area (Å²) in [5.74, 6) is 0.634. The van der Waals surface area contributed by atoms with Crippen LogP contribution in [0.25, 0.3) is 10.8 Å². The zero-order chi connectivity index (χ0) is 21.5. The number of fused-ring (bicyclic) bond motifs is 1. The van der Waals surface area contributed by atoms with E-state index in [1.54, 1.807) is 12.1 Å². The van der Waals surface area contributed by atoms with Crippen molar-refractivity contribution in [1.82, 2.24) is 5.32 Å². The summed E-state index contributed by atoms with van der Waals surface area (Å²) in [6.45, 7) is 3.37. The third-order valence-corrected chi connectivity index (χ3v) is 5.64. The van der Waals surface area contributed by atoms with E-state index in [0.29, 0.717) is 12.6 Å². The molecule has 0 aliphatic carbocycles. The Morgan fingerprint density at radius 3 is 2.35 bits per heavy atom. The van der Waals surface area contributed by atoms with E-state index in [0.717, 1.165) is 36.3 Å². The maximum Gasteiger partial charge on any atom is 0.124 e. The SMILES string of the molecule is CC(CCc1ccccc1)NCc1c(OCc2ccc(F)cc2)ccc2ccccc12. The van der Waals surface area contributed by atoms with Gasteiger partial charge in [0, 0.05) is 18.2 Å². The summed E-state index contributed by atoms with van der Waals surface area (Å²) in [5, 5.41) is 6.07. The molecule has 0 spiro atoms. The fraction of sp³-hybridized carbons (Fsp3) is 0.214. The Bertz CT molecular complexity index is 1110. The number of halogens is 1. The van der Waals surface area contributed by atoms with Crippen LogP contribution >= 0.6 is 0 Å². The molecule has 4 aromatic rings. The minimum atomic E-state index is -0.233. The van der Waals surface area contributed by atoms with Gasteiger partial charge in [-0.3, -0.25) is 0 Å². The van der Waals surface area contributed by atoms with Gasteiger partial charge in [0.05, 0.1) is 0 Å². The Hall–Kier alpha value is -3.17. The number of rotatable bonds is 9. The molecule has 0 aliphatic heterocycles. The number of hydrogen-bond donors (Lipinski definition) is 1. The molecule has 0 fully saturated rings. The van der Waals surface area contributed by atoms with Crippen molar-refractivity contribution in [3.8, 4) is 5.75 Å². The predicted molar refractivity (Wildman–Crippen MR) is 126 cm³/mol. The van der Waals surface area contributed by atoms with Gasteiger partial charge in [-0.2, -0.15) is 0 Å². The van der Waals surface area contributed by atoms with Gasteiger partial charge in [0.2, 0.25) is 0 Å².